The smallest absolute Gasteiger partial charge is 0.445 e. The van der Waals surface area contributed by atoms with Gasteiger partial charge in [-0.15, -0.1) is 5.46 Å². The minimum Gasteiger partial charge on any atom is -0.445 e. The number of benzene rings is 1. The predicted octanol–water partition coefficient (Wildman–Crippen LogP) is -0.204. The molecule has 0 N–H and O–H groups in total. The summed E-state index contributed by atoms with van der Waals surface area (Å²) in [5.41, 5.74) is -0.145. The second-order valence-electron chi connectivity index (χ2n) is 4.22. The van der Waals surface area contributed by atoms with E-state index in [9.17, 15) is 12.9 Å². The van der Waals surface area contributed by atoms with E-state index >= 15 is 0 Å². The maximum absolute atomic E-state index is 12.7. The molecule has 1 aliphatic carbocycles. The molecule has 0 unspecified atom stereocenters. The van der Waals surface area contributed by atoms with Crippen LogP contribution in [-0.4, -0.2) is 6.98 Å². The van der Waals surface area contributed by atoms with E-state index in [1.54, 1.807) is 12.1 Å². The van der Waals surface area contributed by atoms with Crippen molar-refractivity contribution in [2.24, 2.45) is 0 Å². The van der Waals surface area contributed by atoms with Crippen LogP contribution < -0.4 is 56.8 Å². The summed E-state index contributed by atoms with van der Waals surface area (Å²) < 4.78 is 38.0. The van der Waals surface area contributed by atoms with Crippen LogP contribution in [0.25, 0.3) is 0 Å². The minimum absolute atomic E-state index is 0. The normalized spacial score (nSPS) is 18.1. The van der Waals surface area contributed by atoms with Crippen LogP contribution in [0.4, 0.5) is 12.9 Å². The molecule has 0 aliphatic heterocycles. The Morgan fingerprint density at radius 2 is 1.67 bits per heavy atom. The van der Waals surface area contributed by atoms with E-state index in [2.05, 4.69) is 0 Å². The van der Waals surface area contributed by atoms with E-state index in [0.29, 0.717) is 5.56 Å². The molecule has 0 bridgehead atoms. The summed E-state index contributed by atoms with van der Waals surface area (Å²) in [6.07, 6.45) is 1.74. The summed E-state index contributed by atoms with van der Waals surface area (Å²) in [7, 11) is 0. The van der Waals surface area contributed by atoms with Crippen LogP contribution in [-0.2, 0) is 5.41 Å². The SMILES string of the molecule is CC1(c2ccccc2[B-](F)(F)F)CC1.[K+]. The van der Waals surface area contributed by atoms with Crippen LogP contribution in [0.2, 0.25) is 0 Å². The molecule has 1 aromatic carbocycles. The van der Waals surface area contributed by atoms with Gasteiger partial charge in [-0.05, 0) is 18.3 Å². The summed E-state index contributed by atoms with van der Waals surface area (Å²) in [5.74, 6) is 0. The zero-order valence-electron chi connectivity index (χ0n) is 8.93. The van der Waals surface area contributed by atoms with E-state index in [1.807, 2.05) is 6.92 Å². The van der Waals surface area contributed by atoms with Crippen LogP contribution in [0.15, 0.2) is 24.3 Å². The number of hydrogen-bond donors (Lipinski definition) is 0. The Morgan fingerprint density at radius 3 is 2.13 bits per heavy atom. The molecule has 0 atom stereocenters. The second kappa shape index (κ2) is 4.53. The van der Waals surface area contributed by atoms with Crippen molar-refractivity contribution >= 4 is 12.4 Å². The first-order valence-corrected chi connectivity index (χ1v) is 4.73. The summed E-state index contributed by atoms with van der Waals surface area (Å²) in [4.78, 5) is 0. The Kier molecular flexibility index (Phi) is 4.16. The van der Waals surface area contributed by atoms with E-state index in [1.165, 1.54) is 12.1 Å². The molecule has 1 saturated carbocycles. The van der Waals surface area contributed by atoms with Gasteiger partial charge >= 0.3 is 58.4 Å². The van der Waals surface area contributed by atoms with Crippen molar-refractivity contribution in [2.45, 2.75) is 25.2 Å². The molecule has 5 heteroatoms. The van der Waals surface area contributed by atoms with Gasteiger partial charge < -0.3 is 12.9 Å². The largest absolute Gasteiger partial charge is 1.00 e. The minimum atomic E-state index is -4.86. The van der Waals surface area contributed by atoms with Crippen LogP contribution in [0.5, 0.6) is 0 Å². The molecule has 76 valence electrons. The summed E-state index contributed by atoms with van der Waals surface area (Å²) >= 11 is 0. The fraction of sp³-hybridized carbons (Fsp3) is 0.400. The zero-order chi connectivity index (χ0) is 10.4. The van der Waals surface area contributed by atoms with Crippen LogP contribution in [0.1, 0.15) is 25.3 Å². The second-order valence-corrected chi connectivity index (χ2v) is 4.22. The Balaban J connectivity index is 0.00000112. The van der Waals surface area contributed by atoms with Gasteiger partial charge in [-0.1, -0.05) is 36.8 Å². The third-order valence-corrected chi connectivity index (χ3v) is 2.96. The van der Waals surface area contributed by atoms with Crippen LogP contribution in [0, 0.1) is 0 Å². The number of hydrogen-bond acceptors (Lipinski definition) is 0. The molecule has 0 saturated heterocycles. The Morgan fingerprint density at radius 1 is 1.13 bits per heavy atom. The van der Waals surface area contributed by atoms with Crippen molar-refractivity contribution in [3.63, 3.8) is 0 Å². The van der Waals surface area contributed by atoms with Crippen molar-refractivity contribution in [1.29, 1.82) is 0 Å². The molecule has 1 aromatic rings. The van der Waals surface area contributed by atoms with Crippen molar-refractivity contribution in [1.82, 2.24) is 0 Å². The first-order valence-electron chi connectivity index (χ1n) is 4.73. The van der Waals surface area contributed by atoms with E-state index < -0.39 is 12.4 Å². The van der Waals surface area contributed by atoms with Gasteiger partial charge in [0.05, 0.1) is 0 Å². The molecule has 0 amide bonds. The van der Waals surface area contributed by atoms with Gasteiger partial charge in [-0.3, -0.25) is 0 Å². The molecule has 2 rings (SSSR count). The fourth-order valence-electron chi connectivity index (χ4n) is 1.79. The van der Waals surface area contributed by atoms with E-state index in [-0.39, 0.29) is 56.8 Å². The quantitative estimate of drug-likeness (QED) is 0.626. The molecule has 15 heavy (non-hydrogen) atoms. The van der Waals surface area contributed by atoms with Crippen molar-refractivity contribution in [3.8, 4) is 0 Å². The van der Waals surface area contributed by atoms with Crippen molar-refractivity contribution < 1.29 is 64.3 Å². The first-order chi connectivity index (χ1) is 6.43. The van der Waals surface area contributed by atoms with Gasteiger partial charge in [0, 0.05) is 0 Å². The average molecular weight is 238 g/mol. The summed E-state index contributed by atoms with van der Waals surface area (Å²) in [5, 5.41) is 0. The van der Waals surface area contributed by atoms with Crippen LogP contribution >= 0.6 is 0 Å². The third-order valence-electron chi connectivity index (χ3n) is 2.96. The van der Waals surface area contributed by atoms with E-state index in [0.717, 1.165) is 12.8 Å². The summed E-state index contributed by atoms with van der Waals surface area (Å²) in [6, 6.07) is 5.94. The Bertz CT molecular complexity index is 334. The fourth-order valence-corrected chi connectivity index (χ4v) is 1.79. The molecule has 0 nitrogen and oxygen atoms in total. The standard InChI is InChI=1S/C10H11BF3.K/c1-10(6-7-10)8-4-2-3-5-9(8)11(12,13)14;/h2-5H,6-7H2,1H3;/q-1;+1. The van der Waals surface area contributed by atoms with Crippen LogP contribution in [0.3, 0.4) is 0 Å². The van der Waals surface area contributed by atoms with Gasteiger partial charge in [0.15, 0.2) is 0 Å². The molecular formula is C10H11BF3K. The van der Waals surface area contributed by atoms with Gasteiger partial charge in [-0.25, -0.2) is 0 Å². The van der Waals surface area contributed by atoms with Gasteiger partial charge in [-0.2, -0.15) is 0 Å². The molecule has 1 fully saturated rings. The van der Waals surface area contributed by atoms with Crippen molar-refractivity contribution in [3.05, 3.63) is 29.8 Å². The predicted molar refractivity (Wildman–Crippen MR) is 51.7 cm³/mol. The molecule has 0 aromatic heterocycles. The first kappa shape index (κ1) is 13.8. The molecule has 0 spiro atoms. The number of rotatable bonds is 2. The zero-order valence-corrected chi connectivity index (χ0v) is 12.1. The topological polar surface area (TPSA) is 0 Å². The number of halogens is 3. The summed E-state index contributed by atoms with van der Waals surface area (Å²) in [6.45, 7) is -2.97. The molecule has 0 heterocycles. The van der Waals surface area contributed by atoms with Gasteiger partial charge in [0.2, 0.25) is 0 Å². The van der Waals surface area contributed by atoms with E-state index in [4.69, 9.17) is 0 Å². The molecule has 1 aliphatic rings. The Labute approximate surface area is 130 Å². The molecular weight excluding hydrogens is 227 g/mol. The average Bonchev–Trinajstić information content (AvgIpc) is 2.84. The Hall–Kier alpha value is 0.711. The maximum Gasteiger partial charge on any atom is 1.00 e. The third kappa shape index (κ3) is 2.88. The van der Waals surface area contributed by atoms with Crippen molar-refractivity contribution in [2.75, 3.05) is 0 Å². The monoisotopic (exact) mass is 238 g/mol. The van der Waals surface area contributed by atoms with Gasteiger partial charge in [0.25, 0.3) is 0 Å². The maximum atomic E-state index is 12.7. The molecule has 0 radical (unpaired) electrons. The van der Waals surface area contributed by atoms with Gasteiger partial charge in [0.1, 0.15) is 0 Å².